The Bertz CT molecular complexity index is 1300. The van der Waals surface area contributed by atoms with E-state index in [1.54, 1.807) is 0 Å². The maximum absolute atomic E-state index is 10.6. The van der Waals surface area contributed by atoms with E-state index in [0.29, 0.717) is 0 Å². The van der Waals surface area contributed by atoms with Crippen molar-refractivity contribution in [2.24, 2.45) is 0 Å². The standard InChI is InChI=1S/3C8H5ClO4.2H3P/c3*9-5-3-1-2-4(7(10)11)6(5)8(12)13;;/h3*1-3H,(H,10,11)(H,12,13);2*1H3. The number of halogens is 3. The SMILES string of the molecule is O=C(O)c1cccc(Cl)c1C(=O)O.O=C(O)c1cccc(Cl)c1C(=O)O.O=C(O)c1cccc(Cl)c1C(=O)O.P.P. The summed E-state index contributed by atoms with van der Waals surface area (Å²) in [4.78, 5) is 63.5. The summed E-state index contributed by atoms with van der Waals surface area (Å²) in [5, 5.41) is 51.6. The summed E-state index contributed by atoms with van der Waals surface area (Å²) < 4.78 is 0. The Morgan fingerprint density at radius 2 is 0.585 bits per heavy atom. The van der Waals surface area contributed by atoms with Gasteiger partial charge in [0.15, 0.2) is 0 Å². The van der Waals surface area contributed by atoms with Crippen LogP contribution in [0.15, 0.2) is 54.6 Å². The van der Waals surface area contributed by atoms with Gasteiger partial charge in [-0.05, 0) is 36.4 Å². The number of hydrogen-bond donors (Lipinski definition) is 6. The zero-order valence-electron chi connectivity index (χ0n) is 20.4. The van der Waals surface area contributed by atoms with E-state index in [1.807, 2.05) is 0 Å². The van der Waals surface area contributed by atoms with Crippen LogP contribution in [-0.2, 0) is 0 Å². The number of carboxylic acids is 6. The van der Waals surface area contributed by atoms with Crippen molar-refractivity contribution in [3.63, 3.8) is 0 Å². The molecule has 3 aromatic rings. The first-order valence-electron chi connectivity index (χ1n) is 9.87. The maximum atomic E-state index is 10.6. The molecule has 0 saturated heterocycles. The van der Waals surface area contributed by atoms with Gasteiger partial charge in [0.1, 0.15) is 0 Å². The van der Waals surface area contributed by atoms with E-state index >= 15 is 0 Å². The molecule has 0 saturated carbocycles. The second-order valence-corrected chi connectivity index (χ2v) is 8.04. The van der Waals surface area contributed by atoms with E-state index in [1.165, 1.54) is 54.6 Å². The van der Waals surface area contributed by atoms with Crippen LogP contribution in [0.2, 0.25) is 15.1 Å². The van der Waals surface area contributed by atoms with Crippen LogP contribution in [0.3, 0.4) is 0 Å². The third kappa shape index (κ3) is 11.0. The second kappa shape index (κ2) is 17.8. The van der Waals surface area contributed by atoms with E-state index in [-0.39, 0.29) is 68.2 Å². The van der Waals surface area contributed by atoms with Crippen LogP contribution < -0.4 is 0 Å². The number of aromatic carboxylic acids is 6. The molecule has 3 aromatic carbocycles. The smallest absolute Gasteiger partial charge is 0.338 e. The van der Waals surface area contributed by atoms with E-state index in [4.69, 9.17) is 65.4 Å². The maximum Gasteiger partial charge on any atom is 0.338 e. The molecule has 12 nitrogen and oxygen atoms in total. The van der Waals surface area contributed by atoms with Gasteiger partial charge in [0.2, 0.25) is 0 Å². The molecule has 0 aliphatic rings. The van der Waals surface area contributed by atoms with Gasteiger partial charge in [-0.25, -0.2) is 28.8 Å². The summed E-state index contributed by atoms with van der Waals surface area (Å²) in [6, 6.07) is 11.7. The third-order valence-electron chi connectivity index (χ3n) is 4.37. The van der Waals surface area contributed by atoms with Crippen molar-refractivity contribution in [3.05, 3.63) is 103 Å². The highest BCUT2D eigenvalue weighted by Gasteiger charge is 2.20. The zero-order chi connectivity index (χ0) is 30.0. The molecule has 0 radical (unpaired) electrons. The molecule has 0 aliphatic carbocycles. The minimum atomic E-state index is -1.34. The molecule has 220 valence electrons. The third-order valence-corrected chi connectivity index (χ3v) is 5.32. The quantitative estimate of drug-likeness (QED) is 0.183. The van der Waals surface area contributed by atoms with Crippen LogP contribution in [0.25, 0.3) is 0 Å². The lowest BCUT2D eigenvalue weighted by Crippen LogP contribution is -2.08. The van der Waals surface area contributed by atoms with Crippen LogP contribution >= 0.6 is 54.6 Å². The van der Waals surface area contributed by atoms with Crippen molar-refractivity contribution in [2.75, 3.05) is 0 Å². The molecule has 0 fully saturated rings. The first-order valence-corrected chi connectivity index (χ1v) is 11.0. The molecule has 0 bridgehead atoms. The Kier molecular flexibility index (Phi) is 17.1. The summed E-state index contributed by atoms with van der Waals surface area (Å²) in [5.41, 5.74) is -2.05. The van der Waals surface area contributed by atoms with Gasteiger partial charge in [0.25, 0.3) is 0 Å². The van der Waals surface area contributed by atoms with Crippen LogP contribution in [0.4, 0.5) is 0 Å². The van der Waals surface area contributed by atoms with Crippen LogP contribution in [0, 0.1) is 0 Å². The van der Waals surface area contributed by atoms with Crippen LogP contribution in [0.1, 0.15) is 62.1 Å². The normalized spacial score (nSPS) is 9.15. The lowest BCUT2D eigenvalue weighted by Gasteiger charge is -2.02. The minimum absolute atomic E-state index is 0. The fourth-order valence-corrected chi connectivity index (χ4v) is 3.53. The van der Waals surface area contributed by atoms with Crippen molar-refractivity contribution < 1.29 is 59.4 Å². The van der Waals surface area contributed by atoms with Gasteiger partial charge in [-0.15, -0.1) is 0 Å². The molecule has 41 heavy (non-hydrogen) atoms. The van der Waals surface area contributed by atoms with Gasteiger partial charge in [0.05, 0.1) is 48.4 Å². The van der Waals surface area contributed by atoms with Crippen molar-refractivity contribution in [3.8, 4) is 0 Å². The first-order chi connectivity index (χ1) is 18.1. The topological polar surface area (TPSA) is 224 Å². The highest BCUT2D eigenvalue weighted by molar-refractivity contribution is 6.92. The van der Waals surface area contributed by atoms with Crippen LogP contribution in [0.5, 0.6) is 0 Å². The average Bonchev–Trinajstić information content (AvgIpc) is 2.83. The van der Waals surface area contributed by atoms with Gasteiger partial charge >= 0.3 is 35.8 Å². The number of carbonyl (C=O) groups is 6. The molecular formula is C24H21Cl3O12P2. The van der Waals surface area contributed by atoms with E-state index in [0.717, 1.165) is 0 Å². The van der Waals surface area contributed by atoms with Crippen molar-refractivity contribution in [1.29, 1.82) is 0 Å². The van der Waals surface area contributed by atoms with Gasteiger partial charge in [-0.2, -0.15) is 19.8 Å². The monoisotopic (exact) mass is 668 g/mol. The molecular weight excluding hydrogens is 649 g/mol. The summed E-state index contributed by atoms with van der Waals surface area (Å²) in [6.07, 6.45) is 0. The largest absolute Gasteiger partial charge is 0.478 e. The Hall–Kier alpha value is -3.79. The molecule has 3 rings (SSSR count). The Morgan fingerprint density at radius 1 is 0.390 bits per heavy atom. The highest BCUT2D eigenvalue weighted by atomic mass is 35.5. The zero-order valence-corrected chi connectivity index (χ0v) is 25.5. The average molecular weight is 670 g/mol. The fourth-order valence-electron chi connectivity index (χ4n) is 2.76. The van der Waals surface area contributed by atoms with Gasteiger partial charge in [-0.3, -0.25) is 0 Å². The van der Waals surface area contributed by atoms with E-state index in [9.17, 15) is 28.8 Å². The first kappa shape index (κ1) is 39.4. The molecule has 0 spiro atoms. The molecule has 2 atom stereocenters. The molecule has 6 N–H and O–H groups in total. The lowest BCUT2D eigenvalue weighted by molar-refractivity contribution is 0.0651. The summed E-state index contributed by atoms with van der Waals surface area (Å²) in [5.74, 6) is -7.95. The predicted octanol–water partition coefficient (Wildman–Crippen LogP) is 5.33. The van der Waals surface area contributed by atoms with E-state index < -0.39 is 35.8 Å². The summed E-state index contributed by atoms with van der Waals surface area (Å²) >= 11 is 16.6. The molecule has 0 aromatic heterocycles. The summed E-state index contributed by atoms with van der Waals surface area (Å²) in [7, 11) is 0. The number of benzene rings is 3. The Balaban J connectivity index is 0. The molecule has 0 amide bonds. The van der Waals surface area contributed by atoms with Crippen molar-refractivity contribution in [1.82, 2.24) is 0 Å². The molecule has 0 heterocycles. The lowest BCUT2D eigenvalue weighted by atomic mass is 10.1. The minimum Gasteiger partial charge on any atom is -0.478 e. The van der Waals surface area contributed by atoms with Gasteiger partial charge in [0, 0.05) is 0 Å². The molecule has 17 heteroatoms. The second-order valence-electron chi connectivity index (χ2n) is 6.82. The summed E-state index contributed by atoms with van der Waals surface area (Å²) in [6.45, 7) is 0. The van der Waals surface area contributed by atoms with Gasteiger partial charge in [-0.1, -0.05) is 53.0 Å². The number of carboxylic acid groups (broad SMARTS) is 6. The van der Waals surface area contributed by atoms with Crippen LogP contribution in [-0.4, -0.2) is 66.5 Å². The number of rotatable bonds is 6. The van der Waals surface area contributed by atoms with Gasteiger partial charge < -0.3 is 30.6 Å². The molecule has 0 aliphatic heterocycles. The van der Waals surface area contributed by atoms with Crippen molar-refractivity contribution >= 4 is 90.4 Å². The van der Waals surface area contributed by atoms with E-state index in [2.05, 4.69) is 0 Å². The van der Waals surface area contributed by atoms with Crippen molar-refractivity contribution in [2.45, 2.75) is 0 Å². The Labute approximate surface area is 252 Å². The Morgan fingerprint density at radius 3 is 0.707 bits per heavy atom. The predicted molar refractivity (Wildman–Crippen MR) is 158 cm³/mol. The molecule has 2 unspecified atom stereocenters. The fraction of sp³-hybridized carbons (Fsp3) is 0. The highest BCUT2D eigenvalue weighted by Crippen LogP contribution is 2.21. The number of hydrogen-bond acceptors (Lipinski definition) is 6.